The quantitative estimate of drug-likeness (QED) is 0.893. The predicted molar refractivity (Wildman–Crippen MR) is 83.2 cm³/mol. The zero-order valence-corrected chi connectivity index (χ0v) is 12.7. The van der Waals surface area contributed by atoms with Crippen molar-refractivity contribution in [3.63, 3.8) is 0 Å². The molecule has 0 aromatic heterocycles. The molecule has 2 atom stereocenters. The third-order valence-electron chi connectivity index (χ3n) is 4.28. The first kappa shape index (κ1) is 16.2. The third-order valence-corrected chi connectivity index (χ3v) is 4.28. The van der Waals surface area contributed by atoms with Crippen LogP contribution in [0.1, 0.15) is 6.42 Å². The highest BCUT2D eigenvalue weighted by atomic mass is 35.5. The molecular weight excluding hydrogens is 293 g/mol. The van der Waals surface area contributed by atoms with E-state index in [2.05, 4.69) is 15.5 Å². The maximum atomic E-state index is 12.8. The summed E-state index contributed by atoms with van der Waals surface area (Å²) >= 11 is 0. The van der Waals surface area contributed by atoms with E-state index in [-0.39, 0.29) is 24.1 Å². The summed E-state index contributed by atoms with van der Waals surface area (Å²) in [6.45, 7) is 4.59. The zero-order valence-electron chi connectivity index (χ0n) is 11.8. The lowest BCUT2D eigenvalue weighted by atomic mass is 9.89. The largest absolute Gasteiger partial charge is 0.325 e. The fraction of sp³-hybridized carbons (Fsp3) is 0.533. The van der Waals surface area contributed by atoms with Gasteiger partial charge in [0, 0.05) is 12.2 Å². The molecule has 116 valence electrons. The summed E-state index contributed by atoms with van der Waals surface area (Å²) in [5.41, 5.74) is 0.647. The number of halogens is 2. The molecule has 21 heavy (non-hydrogen) atoms. The molecule has 2 aliphatic heterocycles. The van der Waals surface area contributed by atoms with Gasteiger partial charge >= 0.3 is 0 Å². The van der Waals surface area contributed by atoms with Crippen molar-refractivity contribution in [2.24, 2.45) is 11.8 Å². The molecule has 0 radical (unpaired) electrons. The Bertz CT molecular complexity index is 482. The standard InChI is InChI=1S/C15H20FN3O.ClH/c16-13-1-3-14(4-2-13)18-15(20)10-19-6-5-11-7-17-8-12(11)9-19;/h1-4,11-12,17H,5-10H2,(H,18,20);1H. The Balaban J connectivity index is 0.00000161. The first-order valence-corrected chi connectivity index (χ1v) is 7.19. The number of carbonyl (C=O) groups excluding carboxylic acids is 1. The van der Waals surface area contributed by atoms with Crippen molar-refractivity contribution in [1.29, 1.82) is 0 Å². The molecule has 2 N–H and O–H groups in total. The van der Waals surface area contributed by atoms with Crippen LogP contribution in [0, 0.1) is 17.7 Å². The van der Waals surface area contributed by atoms with E-state index in [1.165, 1.54) is 18.6 Å². The summed E-state index contributed by atoms with van der Waals surface area (Å²) in [7, 11) is 0. The molecule has 2 aliphatic rings. The van der Waals surface area contributed by atoms with Gasteiger partial charge in [-0.3, -0.25) is 9.69 Å². The summed E-state index contributed by atoms with van der Waals surface area (Å²) in [6, 6.07) is 5.87. The second-order valence-electron chi connectivity index (χ2n) is 5.76. The van der Waals surface area contributed by atoms with Crippen LogP contribution in [0.15, 0.2) is 24.3 Å². The normalized spacial score (nSPS) is 25.0. The number of hydrogen-bond donors (Lipinski definition) is 2. The van der Waals surface area contributed by atoms with Gasteiger partial charge in [0.1, 0.15) is 5.82 Å². The summed E-state index contributed by atoms with van der Waals surface area (Å²) in [5.74, 6) is 1.15. The lowest BCUT2D eigenvalue weighted by molar-refractivity contribution is -0.117. The SMILES string of the molecule is Cl.O=C(CN1CCC2CNCC2C1)Nc1ccc(F)cc1. The highest BCUT2D eigenvalue weighted by Gasteiger charge is 2.33. The third kappa shape index (κ3) is 4.15. The van der Waals surface area contributed by atoms with Crippen molar-refractivity contribution in [2.45, 2.75) is 6.42 Å². The number of fused-ring (bicyclic) bond motifs is 1. The molecule has 0 saturated carbocycles. The number of anilines is 1. The Morgan fingerprint density at radius 2 is 2.00 bits per heavy atom. The molecule has 1 aromatic carbocycles. The van der Waals surface area contributed by atoms with Crippen LogP contribution in [0.25, 0.3) is 0 Å². The maximum absolute atomic E-state index is 12.8. The molecule has 1 amide bonds. The number of hydrogen-bond acceptors (Lipinski definition) is 3. The van der Waals surface area contributed by atoms with Crippen LogP contribution in [0.3, 0.4) is 0 Å². The average Bonchev–Trinajstić information content (AvgIpc) is 2.89. The summed E-state index contributed by atoms with van der Waals surface area (Å²) in [5, 5.41) is 6.23. The number of nitrogens with zero attached hydrogens (tertiary/aromatic N) is 1. The molecule has 0 aliphatic carbocycles. The molecular formula is C15H21ClFN3O. The van der Waals surface area contributed by atoms with E-state index >= 15 is 0 Å². The number of nitrogens with one attached hydrogen (secondary N) is 2. The maximum Gasteiger partial charge on any atom is 0.238 e. The van der Waals surface area contributed by atoms with Crippen molar-refractivity contribution in [1.82, 2.24) is 10.2 Å². The highest BCUT2D eigenvalue weighted by Crippen LogP contribution is 2.26. The van der Waals surface area contributed by atoms with E-state index in [1.807, 2.05) is 0 Å². The predicted octanol–water partition coefficient (Wildman–Crippen LogP) is 1.73. The monoisotopic (exact) mass is 313 g/mol. The topological polar surface area (TPSA) is 44.4 Å². The van der Waals surface area contributed by atoms with E-state index < -0.39 is 0 Å². The fourth-order valence-corrected chi connectivity index (χ4v) is 3.19. The Kier molecular flexibility index (Phi) is 5.56. The zero-order chi connectivity index (χ0) is 13.9. The molecule has 0 spiro atoms. The van der Waals surface area contributed by atoms with Gasteiger partial charge in [0.15, 0.2) is 0 Å². The minimum Gasteiger partial charge on any atom is -0.325 e. The molecule has 3 rings (SSSR count). The average molecular weight is 314 g/mol. The van der Waals surface area contributed by atoms with Crippen LogP contribution in [-0.2, 0) is 4.79 Å². The number of benzene rings is 1. The number of likely N-dealkylation sites (tertiary alicyclic amines) is 1. The number of rotatable bonds is 3. The van der Waals surface area contributed by atoms with Gasteiger partial charge in [-0.1, -0.05) is 0 Å². The second kappa shape index (κ2) is 7.20. The Labute approximate surface area is 130 Å². The molecule has 0 bridgehead atoms. The van der Waals surface area contributed by atoms with Gasteiger partial charge in [-0.15, -0.1) is 12.4 Å². The molecule has 2 heterocycles. The number of piperidine rings is 1. The Hall–Kier alpha value is -1.17. The second-order valence-corrected chi connectivity index (χ2v) is 5.76. The fourth-order valence-electron chi connectivity index (χ4n) is 3.19. The van der Waals surface area contributed by atoms with E-state index in [1.54, 1.807) is 12.1 Å². The van der Waals surface area contributed by atoms with Crippen LogP contribution < -0.4 is 10.6 Å². The first-order valence-electron chi connectivity index (χ1n) is 7.19. The molecule has 1 aromatic rings. The van der Waals surface area contributed by atoms with Crippen molar-refractivity contribution in [2.75, 3.05) is 38.0 Å². The Morgan fingerprint density at radius 1 is 1.29 bits per heavy atom. The smallest absolute Gasteiger partial charge is 0.238 e. The van der Waals surface area contributed by atoms with E-state index in [0.717, 1.165) is 32.1 Å². The van der Waals surface area contributed by atoms with Gasteiger partial charge in [0.25, 0.3) is 0 Å². The molecule has 4 nitrogen and oxygen atoms in total. The minimum absolute atomic E-state index is 0. The highest BCUT2D eigenvalue weighted by molar-refractivity contribution is 5.92. The minimum atomic E-state index is -0.293. The van der Waals surface area contributed by atoms with Crippen molar-refractivity contribution in [3.05, 3.63) is 30.1 Å². The number of carbonyl (C=O) groups is 1. The number of amides is 1. The van der Waals surface area contributed by atoms with Gasteiger partial charge < -0.3 is 10.6 Å². The van der Waals surface area contributed by atoms with Crippen LogP contribution in [0.2, 0.25) is 0 Å². The molecule has 2 unspecified atom stereocenters. The van der Waals surface area contributed by atoms with Crippen LogP contribution in [0.4, 0.5) is 10.1 Å². The summed E-state index contributed by atoms with van der Waals surface area (Å²) < 4.78 is 12.8. The van der Waals surface area contributed by atoms with Crippen LogP contribution >= 0.6 is 12.4 Å². The van der Waals surface area contributed by atoms with Gasteiger partial charge in [-0.05, 0) is 62.2 Å². The molecule has 2 saturated heterocycles. The van der Waals surface area contributed by atoms with Crippen molar-refractivity contribution >= 4 is 24.0 Å². The Morgan fingerprint density at radius 3 is 2.76 bits per heavy atom. The van der Waals surface area contributed by atoms with Gasteiger partial charge in [0.2, 0.25) is 5.91 Å². The van der Waals surface area contributed by atoms with Crippen molar-refractivity contribution < 1.29 is 9.18 Å². The van der Waals surface area contributed by atoms with Crippen molar-refractivity contribution in [3.8, 4) is 0 Å². The van der Waals surface area contributed by atoms with Gasteiger partial charge in [-0.25, -0.2) is 4.39 Å². The van der Waals surface area contributed by atoms with Gasteiger partial charge in [0.05, 0.1) is 6.54 Å². The summed E-state index contributed by atoms with van der Waals surface area (Å²) in [4.78, 5) is 14.2. The lowest BCUT2D eigenvalue weighted by Gasteiger charge is -2.33. The first-order chi connectivity index (χ1) is 9.70. The van der Waals surface area contributed by atoms with Gasteiger partial charge in [-0.2, -0.15) is 0 Å². The van der Waals surface area contributed by atoms with Crippen LogP contribution in [-0.4, -0.2) is 43.5 Å². The van der Waals surface area contributed by atoms with E-state index in [9.17, 15) is 9.18 Å². The van der Waals surface area contributed by atoms with E-state index in [0.29, 0.717) is 18.2 Å². The lowest BCUT2D eigenvalue weighted by Crippen LogP contribution is -2.43. The summed E-state index contributed by atoms with van der Waals surface area (Å²) in [6.07, 6.45) is 1.17. The molecule has 6 heteroatoms. The van der Waals surface area contributed by atoms with E-state index in [4.69, 9.17) is 0 Å². The van der Waals surface area contributed by atoms with Crippen LogP contribution in [0.5, 0.6) is 0 Å². The molecule has 2 fully saturated rings.